The second-order valence-corrected chi connectivity index (χ2v) is 4.02. The van der Waals surface area contributed by atoms with Crippen molar-refractivity contribution in [1.29, 1.82) is 0 Å². The SMILES string of the molecule is CC1(C)O[P+](=O)O[P+](=O)O1.[K]. The van der Waals surface area contributed by atoms with Gasteiger partial charge in [0.25, 0.3) is 5.79 Å². The van der Waals surface area contributed by atoms with Crippen molar-refractivity contribution in [3.63, 3.8) is 0 Å². The maximum Gasteiger partial charge on any atom is 0.750 e. The molecule has 0 aliphatic carbocycles. The fourth-order valence-electron chi connectivity index (χ4n) is 0.463. The fourth-order valence-corrected chi connectivity index (χ4v) is 2.02. The summed E-state index contributed by atoms with van der Waals surface area (Å²) in [7, 11) is -4.56. The van der Waals surface area contributed by atoms with Gasteiger partial charge in [0, 0.05) is 60.5 Å². The van der Waals surface area contributed by atoms with E-state index in [9.17, 15) is 9.13 Å². The van der Waals surface area contributed by atoms with Crippen LogP contribution in [-0.4, -0.2) is 57.2 Å². The molecule has 2 atom stereocenters. The Morgan fingerprint density at radius 2 is 1.45 bits per heavy atom. The Bertz CT molecular complexity index is 174. The molecule has 8 heteroatoms. The molecule has 0 bridgehead atoms. The molecule has 0 spiro atoms. The monoisotopic (exact) mass is 223 g/mol. The van der Waals surface area contributed by atoms with Gasteiger partial charge in [-0.15, -0.1) is 0 Å². The molecule has 5 nitrogen and oxygen atoms in total. The number of hydrogen-bond acceptors (Lipinski definition) is 5. The molecule has 1 rings (SSSR count). The molecule has 1 aliphatic rings. The Balaban J connectivity index is 0.000001000. The molecule has 1 radical (unpaired) electrons. The van der Waals surface area contributed by atoms with Gasteiger partial charge in [0.05, 0.1) is 0 Å². The molecule has 1 fully saturated rings. The summed E-state index contributed by atoms with van der Waals surface area (Å²) in [5.41, 5.74) is 0. The summed E-state index contributed by atoms with van der Waals surface area (Å²) in [4.78, 5) is 0. The first-order valence-corrected chi connectivity index (χ1v) is 4.69. The molecule has 1 aliphatic heterocycles. The summed E-state index contributed by atoms with van der Waals surface area (Å²) in [6.07, 6.45) is 0. The van der Waals surface area contributed by atoms with Crippen LogP contribution in [0, 0.1) is 0 Å². The molecular weight excluding hydrogens is 217 g/mol. The van der Waals surface area contributed by atoms with Gasteiger partial charge in [-0.25, -0.2) is 0 Å². The summed E-state index contributed by atoms with van der Waals surface area (Å²) >= 11 is 0. The first kappa shape index (κ1) is 12.7. The predicted molar refractivity (Wildman–Crippen MR) is 38.3 cm³/mol. The minimum atomic E-state index is -2.28. The average molecular weight is 223 g/mol. The van der Waals surface area contributed by atoms with Gasteiger partial charge >= 0.3 is 16.5 Å². The van der Waals surface area contributed by atoms with Crippen LogP contribution in [0.15, 0.2) is 0 Å². The Kier molecular flexibility index (Phi) is 5.57. The molecule has 2 unspecified atom stereocenters. The third kappa shape index (κ3) is 4.48. The van der Waals surface area contributed by atoms with Gasteiger partial charge in [-0.2, -0.15) is 0 Å². The van der Waals surface area contributed by atoms with Gasteiger partial charge in [-0.05, 0) is 13.8 Å². The zero-order valence-corrected chi connectivity index (χ0v) is 11.3. The topological polar surface area (TPSA) is 61.8 Å². The quantitative estimate of drug-likeness (QED) is 0.462. The van der Waals surface area contributed by atoms with Gasteiger partial charge in [0.2, 0.25) is 0 Å². The van der Waals surface area contributed by atoms with Crippen LogP contribution in [0.2, 0.25) is 0 Å². The van der Waals surface area contributed by atoms with Crippen molar-refractivity contribution in [3.8, 4) is 0 Å². The first-order chi connectivity index (χ1) is 4.49. The van der Waals surface area contributed by atoms with E-state index in [1.165, 1.54) is 13.8 Å². The third-order valence-corrected chi connectivity index (χ3v) is 2.97. The number of rotatable bonds is 0. The molecule has 0 aromatic carbocycles. The molecule has 0 N–H and O–H groups in total. The molecule has 1 saturated heterocycles. The van der Waals surface area contributed by atoms with Crippen molar-refractivity contribution in [1.82, 2.24) is 0 Å². The molecule has 57 valence electrons. The minimum absolute atomic E-state index is 0. The molecule has 1 heterocycles. The zero-order valence-electron chi connectivity index (χ0n) is 6.44. The van der Waals surface area contributed by atoms with Crippen LogP contribution < -0.4 is 0 Å². The second kappa shape index (κ2) is 4.82. The van der Waals surface area contributed by atoms with E-state index in [2.05, 4.69) is 13.4 Å². The Labute approximate surface area is 108 Å². The van der Waals surface area contributed by atoms with Gasteiger partial charge in [0.1, 0.15) is 0 Å². The second-order valence-electron chi connectivity index (χ2n) is 2.11. The van der Waals surface area contributed by atoms with Crippen LogP contribution >= 0.6 is 16.5 Å². The smallest absolute Gasteiger partial charge is 0.0762 e. The molecule has 0 aromatic heterocycles. The largest absolute Gasteiger partial charge is 0.750 e. The maximum absolute atomic E-state index is 10.5. The minimum Gasteiger partial charge on any atom is -0.0762 e. The Morgan fingerprint density at radius 3 is 1.73 bits per heavy atom. The van der Waals surface area contributed by atoms with E-state index in [4.69, 9.17) is 0 Å². The van der Waals surface area contributed by atoms with Gasteiger partial charge < -0.3 is 0 Å². The van der Waals surface area contributed by atoms with E-state index < -0.39 is 22.3 Å². The van der Waals surface area contributed by atoms with Crippen LogP contribution in [-0.2, 0) is 22.5 Å². The molecule has 0 aromatic rings. The fraction of sp³-hybridized carbons (Fsp3) is 1.00. The van der Waals surface area contributed by atoms with E-state index in [1.807, 2.05) is 0 Å². The van der Waals surface area contributed by atoms with E-state index in [0.717, 1.165) is 0 Å². The summed E-state index contributed by atoms with van der Waals surface area (Å²) in [5, 5.41) is 0. The van der Waals surface area contributed by atoms with Crippen molar-refractivity contribution in [2.24, 2.45) is 0 Å². The maximum atomic E-state index is 10.5. The standard InChI is InChI=1S/C3H6O5P2.K/c1-3(2)6-9(4)8-10(5)7-3;/h1-2H3;/q+2;. The summed E-state index contributed by atoms with van der Waals surface area (Å²) < 4.78 is 34.5. The summed E-state index contributed by atoms with van der Waals surface area (Å²) in [6.45, 7) is 3.02. The first-order valence-electron chi connectivity index (χ1n) is 2.50. The normalized spacial score (nSPS) is 29.3. The van der Waals surface area contributed by atoms with E-state index in [1.54, 1.807) is 0 Å². The van der Waals surface area contributed by atoms with Crippen molar-refractivity contribution in [3.05, 3.63) is 0 Å². The summed E-state index contributed by atoms with van der Waals surface area (Å²) in [5.74, 6) is -1.07. The number of hydrogen-bond donors (Lipinski definition) is 0. The van der Waals surface area contributed by atoms with Crippen LogP contribution in [0.1, 0.15) is 13.8 Å². The van der Waals surface area contributed by atoms with Crippen molar-refractivity contribution < 1.29 is 22.5 Å². The van der Waals surface area contributed by atoms with Crippen LogP contribution in [0.5, 0.6) is 0 Å². The van der Waals surface area contributed by atoms with Gasteiger partial charge in [-0.1, -0.05) is 9.05 Å². The van der Waals surface area contributed by atoms with Crippen LogP contribution in [0.3, 0.4) is 0 Å². The Hall–Kier alpha value is 1.72. The molecule has 11 heavy (non-hydrogen) atoms. The zero-order chi connectivity index (χ0) is 7.78. The van der Waals surface area contributed by atoms with Crippen molar-refractivity contribution in [2.45, 2.75) is 19.6 Å². The van der Waals surface area contributed by atoms with Gasteiger partial charge in [-0.3, -0.25) is 0 Å². The molecule has 0 saturated carbocycles. The summed E-state index contributed by atoms with van der Waals surface area (Å²) in [6, 6.07) is 0. The van der Waals surface area contributed by atoms with Crippen LogP contribution in [0.4, 0.5) is 0 Å². The molecular formula is C3H6KO5P2+2. The molecule has 0 amide bonds. The van der Waals surface area contributed by atoms with E-state index in [0.29, 0.717) is 0 Å². The predicted octanol–water partition coefficient (Wildman–Crippen LogP) is 1.72. The van der Waals surface area contributed by atoms with Crippen LogP contribution in [0.25, 0.3) is 0 Å². The van der Waals surface area contributed by atoms with Crippen molar-refractivity contribution >= 4 is 67.9 Å². The van der Waals surface area contributed by atoms with E-state index in [-0.39, 0.29) is 51.4 Å². The van der Waals surface area contributed by atoms with Crippen molar-refractivity contribution in [2.75, 3.05) is 0 Å². The van der Waals surface area contributed by atoms with Gasteiger partial charge in [0.15, 0.2) is 4.31 Å². The van der Waals surface area contributed by atoms with E-state index >= 15 is 0 Å². The average Bonchev–Trinajstić information content (AvgIpc) is 1.54. The Morgan fingerprint density at radius 1 is 1.09 bits per heavy atom. The third-order valence-electron chi connectivity index (χ3n) is 0.722.